The molecule has 0 aliphatic carbocycles. The number of likely N-dealkylation sites (N-methyl/N-ethyl adjacent to an activating group) is 1. The molecule has 9 heteroatoms. The van der Waals surface area contributed by atoms with E-state index in [1.54, 1.807) is 38.4 Å². The van der Waals surface area contributed by atoms with Crippen molar-refractivity contribution in [1.82, 2.24) is 9.21 Å². The Balaban J connectivity index is 1.87. The number of carbonyl (C=O) groups excluding carboxylic acids is 1. The number of hydrogen-bond donors (Lipinski definition) is 0. The topological polar surface area (TPSA) is 66.9 Å². The molecule has 0 spiro atoms. The van der Waals surface area contributed by atoms with Crippen molar-refractivity contribution in [1.29, 1.82) is 0 Å². The zero-order valence-electron chi connectivity index (χ0n) is 19.2. The van der Waals surface area contributed by atoms with Crippen LogP contribution in [0.5, 0.6) is 5.75 Å². The van der Waals surface area contributed by atoms with Crippen molar-refractivity contribution < 1.29 is 22.3 Å². The Morgan fingerprint density at radius 3 is 2.24 bits per heavy atom. The minimum atomic E-state index is -4.12. The molecule has 180 valence electrons. The average Bonchev–Trinajstić information content (AvgIpc) is 2.81. The second-order valence-corrected chi connectivity index (χ2v) is 10.2. The first kappa shape index (κ1) is 25.7. The van der Waals surface area contributed by atoms with Crippen molar-refractivity contribution in [3.8, 4) is 5.75 Å². The lowest BCUT2D eigenvalue weighted by Crippen LogP contribution is -2.41. The highest BCUT2D eigenvalue weighted by atomic mass is 35.5. The third-order valence-electron chi connectivity index (χ3n) is 5.37. The smallest absolute Gasteiger partial charge is 0.243 e. The maximum absolute atomic E-state index is 14.5. The largest absolute Gasteiger partial charge is 0.497 e. The molecule has 3 aromatic carbocycles. The normalized spacial score (nSPS) is 11.5. The highest BCUT2D eigenvalue weighted by Crippen LogP contribution is 2.25. The van der Waals surface area contributed by atoms with Gasteiger partial charge < -0.3 is 9.64 Å². The lowest BCUT2D eigenvalue weighted by Gasteiger charge is -2.25. The molecular weight excluding hydrogens is 479 g/mol. The number of amides is 1. The minimum absolute atomic E-state index is 0.00506. The van der Waals surface area contributed by atoms with E-state index in [9.17, 15) is 17.6 Å². The number of benzene rings is 3. The van der Waals surface area contributed by atoms with E-state index in [0.29, 0.717) is 5.75 Å². The zero-order chi connectivity index (χ0) is 24.9. The van der Waals surface area contributed by atoms with Crippen molar-refractivity contribution in [3.05, 3.63) is 94.3 Å². The Labute approximate surface area is 204 Å². The van der Waals surface area contributed by atoms with E-state index < -0.39 is 28.3 Å². The summed E-state index contributed by atoms with van der Waals surface area (Å²) in [7, 11) is -0.968. The summed E-state index contributed by atoms with van der Waals surface area (Å²) in [5.74, 6) is -0.399. The molecule has 3 aromatic rings. The van der Waals surface area contributed by atoms with Crippen LogP contribution in [0.3, 0.4) is 0 Å². The molecular formula is C25H26ClFN2O4S. The van der Waals surface area contributed by atoms with E-state index in [1.807, 2.05) is 19.1 Å². The summed E-state index contributed by atoms with van der Waals surface area (Å²) in [6.07, 6.45) is 0. The number of hydrogen-bond acceptors (Lipinski definition) is 4. The first-order valence-corrected chi connectivity index (χ1v) is 12.3. The van der Waals surface area contributed by atoms with Gasteiger partial charge in [0.25, 0.3) is 0 Å². The Kier molecular flexibility index (Phi) is 8.30. The SMILES string of the molecule is COc1ccc(CN(C)C(=O)CN(Cc2c(F)cccc2Cl)S(=O)(=O)c2ccc(C)cc2)cc1. The van der Waals surface area contributed by atoms with Crippen molar-refractivity contribution >= 4 is 27.5 Å². The highest BCUT2D eigenvalue weighted by Gasteiger charge is 2.29. The molecule has 0 heterocycles. The van der Waals surface area contributed by atoms with Gasteiger partial charge in [-0.1, -0.05) is 47.5 Å². The number of sulfonamides is 1. The maximum atomic E-state index is 14.5. The van der Waals surface area contributed by atoms with Crippen molar-refractivity contribution in [2.75, 3.05) is 20.7 Å². The number of rotatable bonds is 9. The number of methoxy groups -OCH3 is 1. The van der Waals surface area contributed by atoms with Crippen molar-refractivity contribution in [3.63, 3.8) is 0 Å². The average molecular weight is 505 g/mol. The van der Waals surface area contributed by atoms with E-state index in [1.165, 1.54) is 35.2 Å². The van der Waals surface area contributed by atoms with E-state index in [-0.39, 0.29) is 28.6 Å². The Morgan fingerprint density at radius 2 is 1.65 bits per heavy atom. The second-order valence-electron chi connectivity index (χ2n) is 7.88. The van der Waals surface area contributed by atoms with Gasteiger partial charge in [0, 0.05) is 30.7 Å². The summed E-state index contributed by atoms with van der Waals surface area (Å²) in [6, 6.07) is 17.6. The summed E-state index contributed by atoms with van der Waals surface area (Å²) in [6.45, 7) is 1.24. The van der Waals surface area contributed by atoms with Crippen LogP contribution in [-0.2, 0) is 27.9 Å². The quantitative estimate of drug-likeness (QED) is 0.425. The Hall–Kier alpha value is -2.94. The Bertz CT molecular complexity index is 1230. The van der Waals surface area contributed by atoms with Gasteiger partial charge in [-0.3, -0.25) is 4.79 Å². The predicted octanol–water partition coefficient (Wildman–Crippen LogP) is 4.65. The molecule has 34 heavy (non-hydrogen) atoms. The van der Waals surface area contributed by atoms with Crippen LogP contribution in [0, 0.1) is 12.7 Å². The van der Waals surface area contributed by atoms with Crippen LogP contribution in [0.25, 0.3) is 0 Å². The molecule has 0 N–H and O–H groups in total. The van der Waals surface area contributed by atoms with Gasteiger partial charge in [0.1, 0.15) is 11.6 Å². The molecule has 0 radical (unpaired) electrons. The summed E-state index contributed by atoms with van der Waals surface area (Å²) in [5.41, 5.74) is 1.74. The van der Waals surface area contributed by atoms with E-state index >= 15 is 0 Å². The van der Waals surface area contributed by atoms with Gasteiger partial charge in [0.15, 0.2) is 0 Å². The first-order valence-electron chi connectivity index (χ1n) is 10.5. The maximum Gasteiger partial charge on any atom is 0.243 e. The van der Waals surface area contributed by atoms with Crippen LogP contribution in [0.2, 0.25) is 5.02 Å². The summed E-state index contributed by atoms with van der Waals surface area (Å²) in [4.78, 5) is 14.5. The van der Waals surface area contributed by atoms with Gasteiger partial charge in [-0.05, 0) is 48.9 Å². The standard InChI is InChI=1S/C25H26ClFN2O4S/c1-18-7-13-21(14-8-18)34(31,32)29(16-22-23(26)5-4-6-24(22)27)17-25(30)28(2)15-19-9-11-20(33-3)12-10-19/h4-14H,15-17H2,1-3H3. The fraction of sp³-hybridized carbons (Fsp3) is 0.240. The molecule has 3 rings (SSSR count). The highest BCUT2D eigenvalue weighted by molar-refractivity contribution is 7.89. The van der Waals surface area contributed by atoms with Gasteiger partial charge in [-0.15, -0.1) is 0 Å². The Morgan fingerprint density at radius 1 is 1.00 bits per heavy atom. The molecule has 0 aliphatic heterocycles. The van der Waals surface area contributed by atoms with Gasteiger partial charge in [0.05, 0.1) is 18.6 Å². The van der Waals surface area contributed by atoms with E-state index in [2.05, 4.69) is 0 Å². The number of aryl methyl sites for hydroxylation is 1. The number of ether oxygens (including phenoxy) is 1. The van der Waals surface area contributed by atoms with E-state index in [0.717, 1.165) is 15.4 Å². The monoisotopic (exact) mass is 504 g/mol. The molecule has 0 aromatic heterocycles. The van der Waals surface area contributed by atoms with Crippen LogP contribution < -0.4 is 4.74 Å². The molecule has 0 bridgehead atoms. The van der Waals surface area contributed by atoms with Crippen LogP contribution in [0.4, 0.5) is 4.39 Å². The predicted molar refractivity (Wildman–Crippen MR) is 130 cm³/mol. The number of nitrogens with zero attached hydrogens (tertiary/aromatic N) is 2. The summed E-state index contributed by atoms with van der Waals surface area (Å²) in [5, 5.41) is 0.0862. The van der Waals surface area contributed by atoms with Gasteiger partial charge in [-0.2, -0.15) is 4.31 Å². The third kappa shape index (κ3) is 6.14. The lowest BCUT2D eigenvalue weighted by atomic mass is 10.2. The van der Waals surface area contributed by atoms with Gasteiger partial charge in [-0.25, -0.2) is 12.8 Å². The summed E-state index contributed by atoms with van der Waals surface area (Å²) >= 11 is 6.15. The van der Waals surface area contributed by atoms with Crippen LogP contribution in [0.15, 0.2) is 71.6 Å². The molecule has 0 saturated carbocycles. The summed E-state index contributed by atoms with van der Waals surface area (Å²) < 4.78 is 47.4. The minimum Gasteiger partial charge on any atom is -0.497 e. The first-order chi connectivity index (χ1) is 16.1. The fourth-order valence-electron chi connectivity index (χ4n) is 3.31. The molecule has 0 saturated heterocycles. The lowest BCUT2D eigenvalue weighted by molar-refractivity contribution is -0.130. The number of carbonyl (C=O) groups is 1. The molecule has 6 nitrogen and oxygen atoms in total. The fourth-order valence-corrected chi connectivity index (χ4v) is 4.89. The number of halogens is 2. The van der Waals surface area contributed by atoms with Crippen LogP contribution >= 0.6 is 11.6 Å². The molecule has 0 aliphatic rings. The van der Waals surface area contributed by atoms with Crippen LogP contribution in [-0.4, -0.2) is 44.2 Å². The molecule has 1 amide bonds. The molecule has 0 atom stereocenters. The second kappa shape index (κ2) is 11.0. The van der Waals surface area contributed by atoms with Crippen molar-refractivity contribution in [2.45, 2.75) is 24.9 Å². The zero-order valence-corrected chi connectivity index (χ0v) is 20.7. The van der Waals surface area contributed by atoms with Gasteiger partial charge >= 0.3 is 0 Å². The van der Waals surface area contributed by atoms with Gasteiger partial charge in [0.2, 0.25) is 15.9 Å². The van der Waals surface area contributed by atoms with E-state index in [4.69, 9.17) is 16.3 Å². The van der Waals surface area contributed by atoms with Crippen LogP contribution in [0.1, 0.15) is 16.7 Å². The molecule has 0 fully saturated rings. The molecule has 0 unspecified atom stereocenters. The third-order valence-corrected chi connectivity index (χ3v) is 7.53. The van der Waals surface area contributed by atoms with Crippen molar-refractivity contribution in [2.24, 2.45) is 0 Å².